The smallest absolute Gasteiger partial charge is 0.197 e. The quantitative estimate of drug-likeness (QED) is 0.908. The van der Waals surface area contributed by atoms with Crippen LogP contribution in [0.2, 0.25) is 0 Å². The SMILES string of the molecule is CCCc1nn(C)c(Sc2nnc(C)n2C)c1N. The molecule has 0 amide bonds. The molecule has 0 aromatic carbocycles. The van der Waals surface area contributed by atoms with Crippen LogP contribution in [0.5, 0.6) is 0 Å². The zero-order valence-corrected chi connectivity index (χ0v) is 12.0. The highest BCUT2D eigenvalue weighted by atomic mass is 32.2. The largest absolute Gasteiger partial charge is 0.395 e. The van der Waals surface area contributed by atoms with Crippen molar-refractivity contribution < 1.29 is 0 Å². The minimum Gasteiger partial charge on any atom is -0.395 e. The van der Waals surface area contributed by atoms with Crippen LogP contribution >= 0.6 is 11.8 Å². The van der Waals surface area contributed by atoms with E-state index in [-0.39, 0.29) is 0 Å². The van der Waals surface area contributed by atoms with Crippen LogP contribution in [0, 0.1) is 6.92 Å². The molecule has 0 spiro atoms. The van der Waals surface area contributed by atoms with Crippen molar-refractivity contribution in [1.82, 2.24) is 24.5 Å². The summed E-state index contributed by atoms with van der Waals surface area (Å²) in [4.78, 5) is 0. The Morgan fingerprint density at radius 3 is 2.56 bits per heavy atom. The minimum atomic E-state index is 0.755. The number of hydrogen-bond acceptors (Lipinski definition) is 5. The molecule has 18 heavy (non-hydrogen) atoms. The average molecular weight is 266 g/mol. The molecule has 6 nitrogen and oxygen atoms in total. The van der Waals surface area contributed by atoms with Crippen LogP contribution in [0.1, 0.15) is 24.9 Å². The molecule has 98 valence electrons. The van der Waals surface area contributed by atoms with E-state index in [0.717, 1.165) is 40.2 Å². The van der Waals surface area contributed by atoms with Gasteiger partial charge in [-0.2, -0.15) is 5.10 Å². The minimum absolute atomic E-state index is 0.755. The summed E-state index contributed by atoms with van der Waals surface area (Å²) in [7, 11) is 3.85. The molecule has 0 aliphatic carbocycles. The van der Waals surface area contributed by atoms with Crippen molar-refractivity contribution in [3.8, 4) is 0 Å². The molecule has 2 aromatic rings. The molecular weight excluding hydrogens is 248 g/mol. The van der Waals surface area contributed by atoms with E-state index in [4.69, 9.17) is 5.73 Å². The van der Waals surface area contributed by atoms with E-state index in [1.807, 2.05) is 30.3 Å². The molecule has 0 saturated heterocycles. The standard InChI is InChI=1S/C11H18N6S/c1-5-6-8-9(12)10(17(4)15-8)18-11-14-13-7(2)16(11)3/h5-6,12H2,1-4H3. The molecule has 2 aromatic heterocycles. The summed E-state index contributed by atoms with van der Waals surface area (Å²) in [6.07, 6.45) is 1.94. The molecule has 7 heteroatoms. The summed E-state index contributed by atoms with van der Waals surface area (Å²) < 4.78 is 3.76. The number of nitrogen functional groups attached to an aromatic ring is 1. The highest BCUT2D eigenvalue weighted by Gasteiger charge is 2.16. The highest BCUT2D eigenvalue weighted by Crippen LogP contribution is 2.32. The number of aryl methyl sites for hydroxylation is 3. The maximum atomic E-state index is 6.13. The van der Waals surface area contributed by atoms with E-state index < -0.39 is 0 Å². The Balaban J connectivity index is 2.32. The van der Waals surface area contributed by atoms with Gasteiger partial charge < -0.3 is 10.3 Å². The zero-order chi connectivity index (χ0) is 13.3. The van der Waals surface area contributed by atoms with Crippen molar-refractivity contribution in [1.29, 1.82) is 0 Å². The third-order valence-electron chi connectivity index (χ3n) is 2.83. The summed E-state index contributed by atoms with van der Waals surface area (Å²) in [6.45, 7) is 4.04. The molecule has 0 fully saturated rings. The lowest BCUT2D eigenvalue weighted by Gasteiger charge is -2.02. The molecule has 2 heterocycles. The molecule has 2 N–H and O–H groups in total. The second-order valence-corrected chi connectivity index (χ2v) is 5.19. The Hall–Kier alpha value is -1.50. The first kappa shape index (κ1) is 12.9. The highest BCUT2D eigenvalue weighted by molar-refractivity contribution is 7.99. The van der Waals surface area contributed by atoms with Crippen LogP contribution in [0.15, 0.2) is 10.2 Å². The van der Waals surface area contributed by atoms with Crippen LogP contribution in [0.4, 0.5) is 5.69 Å². The van der Waals surface area contributed by atoms with Gasteiger partial charge in [0.05, 0.1) is 11.4 Å². The van der Waals surface area contributed by atoms with Gasteiger partial charge in [0, 0.05) is 14.1 Å². The number of nitrogens with two attached hydrogens (primary N) is 1. The molecule has 0 unspecified atom stereocenters. The van der Waals surface area contributed by atoms with Gasteiger partial charge in [-0.1, -0.05) is 13.3 Å². The Labute approximate surface area is 111 Å². The third-order valence-corrected chi connectivity index (χ3v) is 4.05. The number of rotatable bonds is 4. The second kappa shape index (κ2) is 5.01. The molecule has 0 atom stereocenters. The van der Waals surface area contributed by atoms with Gasteiger partial charge in [-0.3, -0.25) is 4.68 Å². The topological polar surface area (TPSA) is 74.5 Å². The predicted molar refractivity (Wildman–Crippen MR) is 71.5 cm³/mol. The third kappa shape index (κ3) is 2.22. The van der Waals surface area contributed by atoms with E-state index in [1.165, 1.54) is 11.8 Å². The molecule has 0 aliphatic rings. The van der Waals surface area contributed by atoms with Gasteiger partial charge >= 0.3 is 0 Å². The molecule has 0 bridgehead atoms. The van der Waals surface area contributed by atoms with Crippen molar-refractivity contribution in [3.63, 3.8) is 0 Å². The Bertz CT molecular complexity index is 556. The van der Waals surface area contributed by atoms with Gasteiger partial charge in [-0.05, 0) is 25.1 Å². The van der Waals surface area contributed by atoms with Crippen LogP contribution in [-0.4, -0.2) is 24.5 Å². The van der Waals surface area contributed by atoms with Crippen molar-refractivity contribution in [2.45, 2.75) is 36.9 Å². The van der Waals surface area contributed by atoms with Crippen molar-refractivity contribution in [2.24, 2.45) is 14.1 Å². The van der Waals surface area contributed by atoms with Crippen molar-refractivity contribution in [2.75, 3.05) is 5.73 Å². The Morgan fingerprint density at radius 2 is 2.00 bits per heavy atom. The van der Waals surface area contributed by atoms with Crippen LogP contribution in [-0.2, 0) is 20.5 Å². The molecular formula is C11H18N6S. The normalized spacial score (nSPS) is 11.1. The molecule has 0 aliphatic heterocycles. The fourth-order valence-electron chi connectivity index (χ4n) is 1.68. The predicted octanol–water partition coefficient (Wildman–Crippen LogP) is 1.54. The lowest BCUT2D eigenvalue weighted by atomic mass is 10.2. The Kier molecular flexibility index (Phi) is 3.60. The van der Waals surface area contributed by atoms with E-state index >= 15 is 0 Å². The first-order chi connectivity index (χ1) is 8.54. The van der Waals surface area contributed by atoms with E-state index in [2.05, 4.69) is 22.2 Å². The van der Waals surface area contributed by atoms with Gasteiger partial charge in [0.1, 0.15) is 10.9 Å². The fourth-order valence-corrected chi connectivity index (χ4v) is 2.61. The lowest BCUT2D eigenvalue weighted by molar-refractivity contribution is 0.678. The van der Waals surface area contributed by atoms with Gasteiger partial charge in [0.25, 0.3) is 0 Å². The van der Waals surface area contributed by atoms with Crippen molar-refractivity contribution >= 4 is 17.4 Å². The monoisotopic (exact) mass is 266 g/mol. The summed E-state index contributed by atoms with van der Waals surface area (Å²) >= 11 is 1.50. The average Bonchev–Trinajstić information content (AvgIpc) is 2.78. The first-order valence-corrected chi connectivity index (χ1v) is 6.71. The van der Waals surface area contributed by atoms with Crippen LogP contribution < -0.4 is 5.73 Å². The number of anilines is 1. The Morgan fingerprint density at radius 1 is 1.28 bits per heavy atom. The maximum Gasteiger partial charge on any atom is 0.197 e. The summed E-state index contributed by atoms with van der Waals surface area (Å²) in [5.74, 6) is 0.882. The van der Waals surface area contributed by atoms with Gasteiger partial charge in [-0.25, -0.2) is 0 Å². The number of aromatic nitrogens is 5. The summed E-state index contributed by atoms with van der Waals surface area (Å²) in [5, 5.41) is 14.4. The van der Waals surface area contributed by atoms with Gasteiger partial charge in [0.2, 0.25) is 0 Å². The van der Waals surface area contributed by atoms with Gasteiger partial charge in [0.15, 0.2) is 5.16 Å². The van der Waals surface area contributed by atoms with Crippen LogP contribution in [0.3, 0.4) is 0 Å². The van der Waals surface area contributed by atoms with E-state index in [0.29, 0.717) is 0 Å². The summed E-state index contributed by atoms with van der Waals surface area (Å²) in [6, 6.07) is 0. The van der Waals surface area contributed by atoms with Gasteiger partial charge in [-0.15, -0.1) is 10.2 Å². The number of nitrogens with zero attached hydrogens (tertiary/aromatic N) is 5. The van der Waals surface area contributed by atoms with Crippen molar-refractivity contribution in [3.05, 3.63) is 11.5 Å². The zero-order valence-electron chi connectivity index (χ0n) is 11.1. The molecule has 0 radical (unpaired) electrons. The molecule has 0 saturated carbocycles. The van der Waals surface area contributed by atoms with Crippen LogP contribution in [0.25, 0.3) is 0 Å². The lowest BCUT2D eigenvalue weighted by Crippen LogP contribution is -1.97. The van der Waals surface area contributed by atoms with E-state index in [1.54, 1.807) is 0 Å². The second-order valence-electron chi connectivity index (χ2n) is 4.23. The van der Waals surface area contributed by atoms with E-state index in [9.17, 15) is 0 Å². The first-order valence-electron chi connectivity index (χ1n) is 5.89. The maximum absolute atomic E-state index is 6.13. The molecule has 2 rings (SSSR count). The number of hydrogen-bond donors (Lipinski definition) is 1. The fraction of sp³-hybridized carbons (Fsp3) is 0.545. The summed E-state index contributed by atoms with van der Waals surface area (Å²) in [5.41, 5.74) is 7.85.